The number of hydrazine groups is 1. The van der Waals surface area contributed by atoms with Crippen molar-refractivity contribution < 1.29 is 9.84 Å². The summed E-state index contributed by atoms with van der Waals surface area (Å²) in [5.41, 5.74) is 9.11. The van der Waals surface area contributed by atoms with Crippen LogP contribution in [0.2, 0.25) is 5.02 Å². The minimum absolute atomic E-state index is 0.106. The first-order valence-electron chi connectivity index (χ1n) is 14.0. The zero-order chi connectivity index (χ0) is 30.7. The third-order valence-corrected chi connectivity index (χ3v) is 6.60. The van der Waals surface area contributed by atoms with E-state index in [1.807, 2.05) is 50.4 Å². The molecule has 0 aliphatic heterocycles. The monoisotopic (exact) mass is 590 g/mol. The van der Waals surface area contributed by atoms with Crippen molar-refractivity contribution in [3.63, 3.8) is 0 Å². The van der Waals surface area contributed by atoms with Crippen LogP contribution in [0.3, 0.4) is 0 Å². The zero-order valence-corrected chi connectivity index (χ0v) is 25.3. The summed E-state index contributed by atoms with van der Waals surface area (Å²) in [6.45, 7) is 11.4. The number of aromatic amines is 1. The molecule has 1 aromatic carbocycles. The number of allylic oxidation sites excluding steroid dienone is 8. The fraction of sp³-hybridized carbons (Fsp3) is 0.273. The molecule has 0 saturated heterocycles. The quantitative estimate of drug-likeness (QED) is 0.102. The van der Waals surface area contributed by atoms with Crippen LogP contribution in [0.25, 0.3) is 0 Å². The van der Waals surface area contributed by atoms with Crippen LogP contribution in [-0.4, -0.2) is 33.5 Å². The Morgan fingerprint density at radius 1 is 1.19 bits per heavy atom. The average molecular weight is 591 g/mol. The molecule has 2 atom stereocenters. The second-order valence-corrected chi connectivity index (χ2v) is 9.57. The summed E-state index contributed by atoms with van der Waals surface area (Å²) in [6, 6.07) is 11.8. The third-order valence-electron chi connectivity index (χ3n) is 6.25. The lowest BCUT2D eigenvalue weighted by Crippen LogP contribution is -2.25. The first-order valence-corrected chi connectivity index (χ1v) is 14.4. The molecule has 2 aromatic rings. The van der Waals surface area contributed by atoms with Crippen molar-refractivity contribution in [1.29, 1.82) is 0 Å². The fourth-order valence-corrected chi connectivity index (χ4v) is 4.33. The molecule has 0 spiro atoms. The van der Waals surface area contributed by atoms with Crippen molar-refractivity contribution in [2.45, 2.75) is 45.6 Å². The van der Waals surface area contributed by atoms with Gasteiger partial charge in [-0.2, -0.15) is 5.10 Å². The number of nitrogens with one attached hydrogen (secondary N) is 1. The smallest absolute Gasteiger partial charge is 0.298 e. The normalized spacial score (nSPS) is 16.5. The molecule has 2 aliphatic carbocycles. The number of halogens is 1. The number of hydrogen-bond acceptors (Lipinski definition) is 7. The van der Waals surface area contributed by atoms with Gasteiger partial charge in [0.25, 0.3) is 6.01 Å². The minimum Gasteiger partial charge on any atom is -0.513 e. The van der Waals surface area contributed by atoms with Gasteiger partial charge in [-0.05, 0) is 53.8 Å². The number of nitrogens with zero attached hydrogens (tertiary/aromatic N) is 3. The number of ether oxygens (including phenoxy) is 1. The van der Waals surface area contributed by atoms with Crippen LogP contribution < -0.4 is 16.3 Å². The molecular weight excluding hydrogens is 548 g/mol. The van der Waals surface area contributed by atoms with Crippen LogP contribution in [-0.2, 0) is 6.54 Å². The maximum absolute atomic E-state index is 8.56. The van der Waals surface area contributed by atoms with E-state index in [2.05, 4.69) is 70.9 Å². The Morgan fingerprint density at radius 3 is 2.64 bits per heavy atom. The molecule has 0 amide bonds. The summed E-state index contributed by atoms with van der Waals surface area (Å²) < 4.78 is 5.87. The van der Waals surface area contributed by atoms with Gasteiger partial charge in [0.2, 0.25) is 0 Å². The molecule has 1 aromatic heterocycles. The predicted molar refractivity (Wildman–Crippen MR) is 175 cm³/mol. The van der Waals surface area contributed by atoms with Crippen LogP contribution in [0.1, 0.15) is 50.2 Å². The SMILES string of the molecule is C=NN(N)CCC(=C)O.CC.NCc1cccc(Oc2nccc(Cl)c(C3C=CC(C4C=CC=CC4)=CC3)cc[nH]2)c1. The molecule has 8 nitrogen and oxygen atoms in total. The highest BCUT2D eigenvalue weighted by Crippen LogP contribution is 2.34. The number of aliphatic hydroxyl groups is 1. The van der Waals surface area contributed by atoms with Crippen molar-refractivity contribution in [1.82, 2.24) is 15.1 Å². The molecule has 2 aliphatic rings. The highest BCUT2D eigenvalue weighted by molar-refractivity contribution is 6.31. The third kappa shape index (κ3) is 11.8. The van der Waals surface area contributed by atoms with E-state index in [4.69, 9.17) is 33.0 Å². The predicted octanol–water partition coefficient (Wildman–Crippen LogP) is 7.81. The summed E-state index contributed by atoms with van der Waals surface area (Å²) in [4.78, 5) is 7.47. The van der Waals surface area contributed by atoms with Crippen molar-refractivity contribution in [2.75, 3.05) is 6.54 Å². The zero-order valence-electron chi connectivity index (χ0n) is 24.5. The molecule has 42 heavy (non-hydrogen) atoms. The molecule has 224 valence electrons. The molecular formula is C33H43ClN6O2. The minimum atomic E-state index is 0.106. The Labute approximate surface area is 254 Å². The van der Waals surface area contributed by atoms with Crippen LogP contribution >= 0.6 is 11.6 Å². The van der Waals surface area contributed by atoms with E-state index in [1.54, 1.807) is 12.3 Å². The summed E-state index contributed by atoms with van der Waals surface area (Å²) >= 11 is 6.61. The molecule has 9 heteroatoms. The molecule has 2 unspecified atom stereocenters. The van der Waals surface area contributed by atoms with Gasteiger partial charge in [-0.3, -0.25) is 0 Å². The maximum Gasteiger partial charge on any atom is 0.298 e. The lowest BCUT2D eigenvalue weighted by atomic mass is 9.84. The van der Waals surface area contributed by atoms with Crippen LogP contribution in [0.15, 0.2) is 114 Å². The number of nitrogens with two attached hydrogens (primary N) is 2. The number of hydrogen-bond donors (Lipinski definition) is 4. The summed E-state index contributed by atoms with van der Waals surface area (Å²) in [6.07, 6.45) is 21.4. The molecule has 0 bridgehead atoms. The lowest BCUT2D eigenvalue weighted by molar-refractivity contribution is 0.280. The molecule has 6 N–H and O–H groups in total. The van der Waals surface area contributed by atoms with Crippen LogP contribution in [0, 0.1) is 5.92 Å². The van der Waals surface area contributed by atoms with Crippen molar-refractivity contribution >= 4 is 18.3 Å². The highest BCUT2D eigenvalue weighted by atomic mass is 35.5. The Balaban J connectivity index is 0.000000481. The Kier molecular flexibility index (Phi) is 15.5. The van der Waals surface area contributed by atoms with Gasteiger partial charge in [0, 0.05) is 48.9 Å². The van der Waals surface area contributed by atoms with Crippen molar-refractivity contribution in [3.05, 3.63) is 125 Å². The molecule has 0 radical (unpaired) electrons. The summed E-state index contributed by atoms with van der Waals surface area (Å²) in [5.74, 6) is 6.64. The summed E-state index contributed by atoms with van der Waals surface area (Å²) in [5, 5.41) is 13.7. The molecule has 4 rings (SSSR count). The van der Waals surface area contributed by atoms with E-state index in [-0.39, 0.29) is 11.7 Å². The van der Waals surface area contributed by atoms with E-state index in [0.717, 1.165) is 29.1 Å². The van der Waals surface area contributed by atoms with E-state index in [1.165, 1.54) is 5.57 Å². The second kappa shape index (κ2) is 19.1. The Bertz CT molecular complexity index is 1330. The number of H-pyrrole nitrogens is 1. The van der Waals surface area contributed by atoms with Gasteiger partial charge in [0.05, 0.1) is 12.3 Å². The van der Waals surface area contributed by atoms with E-state index in [9.17, 15) is 0 Å². The Hall–Kier alpha value is -4.11. The molecule has 0 fully saturated rings. The van der Waals surface area contributed by atoms with Gasteiger partial charge in [0.1, 0.15) is 5.75 Å². The van der Waals surface area contributed by atoms with Gasteiger partial charge in [-0.1, -0.05) is 86.7 Å². The first-order chi connectivity index (χ1) is 20.4. The van der Waals surface area contributed by atoms with E-state index in [0.29, 0.717) is 42.2 Å². The second-order valence-electron chi connectivity index (χ2n) is 9.17. The topological polar surface area (TPSA) is 126 Å². The van der Waals surface area contributed by atoms with Crippen molar-refractivity contribution in [3.8, 4) is 11.8 Å². The summed E-state index contributed by atoms with van der Waals surface area (Å²) in [7, 11) is 0. The van der Waals surface area contributed by atoms with Gasteiger partial charge < -0.3 is 20.6 Å². The van der Waals surface area contributed by atoms with Gasteiger partial charge in [-0.25, -0.2) is 15.9 Å². The largest absolute Gasteiger partial charge is 0.513 e. The number of aromatic nitrogens is 2. The van der Waals surface area contributed by atoms with E-state index < -0.39 is 0 Å². The van der Waals surface area contributed by atoms with Gasteiger partial charge >= 0.3 is 0 Å². The lowest BCUT2D eigenvalue weighted by Gasteiger charge is -2.21. The maximum atomic E-state index is 8.56. The standard InChI is InChI=1S/C26H26ClN3O.C5H11N3O.C2H6/c27-25-14-16-30-26(31-23-8-4-5-19(17-23)18-28)29-15-13-24(25)22-11-9-21(10-12-22)20-6-2-1-3-7-20;1-5(9)3-4-8(6)7-2;1-2/h1-6,8-11,13-17,20,22H,7,12,18,28H2,(H,29,30);9H,1-4,6H2;1-2H3. The first kappa shape index (κ1) is 34.1. The van der Waals surface area contributed by atoms with Crippen molar-refractivity contribution in [2.24, 2.45) is 22.6 Å². The number of hydrazone groups is 1. The number of aliphatic hydroxyl groups excluding tert-OH is 1. The highest BCUT2D eigenvalue weighted by Gasteiger charge is 2.17. The van der Waals surface area contributed by atoms with E-state index >= 15 is 0 Å². The molecule has 1 heterocycles. The number of rotatable bonds is 9. The van der Waals surface area contributed by atoms with Gasteiger partial charge in [-0.15, -0.1) is 0 Å². The van der Waals surface area contributed by atoms with Crippen LogP contribution in [0.5, 0.6) is 11.8 Å². The molecule has 0 saturated carbocycles. The van der Waals surface area contributed by atoms with Gasteiger partial charge in [0.15, 0.2) is 0 Å². The average Bonchev–Trinajstić information content (AvgIpc) is 3.12. The number of benzene rings is 1. The van der Waals surface area contributed by atoms with Crippen LogP contribution in [0.4, 0.5) is 0 Å². The fourth-order valence-electron chi connectivity index (χ4n) is 4.07. The Morgan fingerprint density at radius 2 is 2.00 bits per heavy atom.